The molecular weight excluding hydrogens is 330 g/mol. The van der Waals surface area contributed by atoms with Crippen LogP contribution in [0, 0.1) is 0 Å². The van der Waals surface area contributed by atoms with Crippen molar-refractivity contribution >= 4 is 27.3 Å². The normalized spacial score (nSPS) is 11.1. The van der Waals surface area contributed by atoms with Crippen LogP contribution in [-0.2, 0) is 14.8 Å². The van der Waals surface area contributed by atoms with Gasteiger partial charge >= 0.3 is 0 Å². The van der Waals surface area contributed by atoms with Crippen LogP contribution >= 0.6 is 0 Å². The Labute approximate surface area is 144 Å². The third-order valence-electron chi connectivity index (χ3n) is 3.49. The van der Waals surface area contributed by atoms with Crippen molar-refractivity contribution in [1.29, 1.82) is 0 Å². The number of benzene rings is 1. The fraction of sp³-hybridized carbons (Fsp3) is 0.562. The molecule has 0 aromatic heterocycles. The van der Waals surface area contributed by atoms with E-state index < -0.39 is 10.0 Å². The molecule has 1 aromatic carbocycles. The minimum atomic E-state index is -3.39. The van der Waals surface area contributed by atoms with Crippen molar-refractivity contribution in [2.45, 2.75) is 39.0 Å². The van der Waals surface area contributed by atoms with Crippen molar-refractivity contribution in [3.63, 3.8) is 0 Å². The van der Waals surface area contributed by atoms with Crippen LogP contribution in [0.5, 0.6) is 5.75 Å². The number of hydrogen-bond acceptors (Lipinski definition) is 5. The maximum atomic E-state index is 11.9. The number of amides is 1. The molecule has 7 nitrogen and oxygen atoms in total. The van der Waals surface area contributed by atoms with Gasteiger partial charge in [-0.15, -0.1) is 0 Å². The number of carbonyl (C=O) groups excluding carboxylic acids is 1. The molecule has 136 valence electrons. The molecule has 0 unspecified atom stereocenters. The molecule has 24 heavy (non-hydrogen) atoms. The van der Waals surface area contributed by atoms with E-state index in [1.54, 1.807) is 25.1 Å². The molecule has 0 bridgehead atoms. The van der Waals surface area contributed by atoms with E-state index in [1.165, 1.54) is 7.11 Å². The van der Waals surface area contributed by atoms with E-state index in [4.69, 9.17) is 10.5 Å². The van der Waals surface area contributed by atoms with Gasteiger partial charge in [-0.2, -0.15) is 0 Å². The Hall–Kier alpha value is -1.80. The van der Waals surface area contributed by atoms with Gasteiger partial charge in [0.1, 0.15) is 5.75 Å². The number of sulfonamides is 1. The molecule has 1 amide bonds. The molecule has 0 saturated carbocycles. The first-order chi connectivity index (χ1) is 11.4. The summed E-state index contributed by atoms with van der Waals surface area (Å²) in [5, 5.41) is 2.79. The summed E-state index contributed by atoms with van der Waals surface area (Å²) >= 11 is 0. The summed E-state index contributed by atoms with van der Waals surface area (Å²) in [5.74, 6) is 0.248. The summed E-state index contributed by atoms with van der Waals surface area (Å²) in [4.78, 5) is 11.9. The Morgan fingerprint density at radius 2 is 1.92 bits per heavy atom. The predicted molar refractivity (Wildman–Crippen MR) is 96.8 cm³/mol. The van der Waals surface area contributed by atoms with Gasteiger partial charge in [-0.05, 0) is 38.4 Å². The van der Waals surface area contributed by atoms with Crippen LogP contribution in [-0.4, -0.2) is 33.7 Å². The fourth-order valence-electron chi connectivity index (χ4n) is 2.10. The van der Waals surface area contributed by atoms with Crippen LogP contribution < -0.4 is 20.5 Å². The Balaban J connectivity index is 2.62. The topological polar surface area (TPSA) is 111 Å². The van der Waals surface area contributed by atoms with E-state index in [0.29, 0.717) is 30.1 Å². The van der Waals surface area contributed by atoms with Crippen molar-refractivity contribution in [2.24, 2.45) is 5.73 Å². The molecule has 0 atom stereocenters. The zero-order chi connectivity index (χ0) is 18.0. The Morgan fingerprint density at radius 1 is 1.21 bits per heavy atom. The summed E-state index contributed by atoms with van der Waals surface area (Å²) in [6.45, 7) is 2.23. The van der Waals surface area contributed by atoms with E-state index >= 15 is 0 Å². The number of carbonyl (C=O) groups is 1. The lowest BCUT2D eigenvalue weighted by atomic mass is 10.1. The molecule has 1 rings (SSSR count). The number of nitrogens with one attached hydrogen (secondary N) is 2. The highest BCUT2D eigenvalue weighted by atomic mass is 32.2. The highest BCUT2D eigenvalue weighted by Gasteiger charge is 2.12. The van der Waals surface area contributed by atoms with Crippen LogP contribution in [0.3, 0.4) is 0 Å². The van der Waals surface area contributed by atoms with Crippen LogP contribution in [0.25, 0.3) is 0 Å². The minimum Gasteiger partial charge on any atom is -0.494 e. The third kappa shape index (κ3) is 7.18. The molecule has 0 heterocycles. The first kappa shape index (κ1) is 20.2. The molecule has 0 aliphatic heterocycles. The SMILES string of the molecule is CCS(=O)(=O)Nc1ccc(NC(=O)CCCCCCN)cc1OC. The van der Waals surface area contributed by atoms with E-state index in [9.17, 15) is 13.2 Å². The number of hydrogen-bond donors (Lipinski definition) is 3. The zero-order valence-corrected chi connectivity index (χ0v) is 15.1. The largest absolute Gasteiger partial charge is 0.494 e. The van der Waals surface area contributed by atoms with Gasteiger partial charge < -0.3 is 15.8 Å². The number of unbranched alkanes of at least 4 members (excludes halogenated alkanes) is 3. The van der Waals surface area contributed by atoms with Crippen molar-refractivity contribution in [3.05, 3.63) is 18.2 Å². The molecule has 0 aliphatic rings. The smallest absolute Gasteiger partial charge is 0.232 e. The average Bonchev–Trinajstić information content (AvgIpc) is 2.55. The lowest BCUT2D eigenvalue weighted by Crippen LogP contribution is -2.15. The second kappa shape index (κ2) is 10.1. The van der Waals surface area contributed by atoms with Gasteiger partial charge in [-0.3, -0.25) is 9.52 Å². The lowest BCUT2D eigenvalue weighted by Gasteiger charge is -2.13. The average molecular weight is 357 g/mol. The lowest BCUT2D eigenvalue weighted by molar-refractivity contribution is -0.116. The zero-order valence-electron chi connectivity index (χ0n) is 14.3. The standard InChI is InChI=1S/C16H27N3O4S/c1-3-24(21,22)19-14-10-9-13(12-15(14)23-2)18-16(20)8-6-4-5-7-11-17/h9-10,12,19H,3-8,11,17H2,1-2H3,(H,18,20). The molecule has 0 saturated heterocycles. The third-order valence-corrected chi connectivity index (χ3v) is 4.78. The number of rotatable bonds is 11. The fourth-order valence-corrected chi connectivity index (χ4v) is 2.75. The molecule has 0 radical (unpaired) electrons. The van der Waals surface area contributed by atoms with Gasteiger partial charge in [0.25, 0.3) is 0 Å². The number of ether oxygens (including phenoxy) is 1. The monoisotopic (exact) mass is 357 g/mol. The van der Waals surface area contributed by atoms with Gasteiger partial charge in [0.15, 0.2) is 0 Å². The molecule has 0 aliphatic carbocycles. The Morgan fingerprint density at radius 3 is 2.54 bits per heavy atom. The van der Waals surface area contributed by atoms with Crippen molar-refractivity contribution in [3.8, 4) is 5.75 Å². The molecule has 4 N–H and O–H groups in total. The molecule has 0 spiro atoms. The molecule has 0 fully saturated rings. The summed E-state index contributed by atoms with van der Waals surface area (Å²) in [6, 6.07) is 4.81. The number of anilines is 2. The van der Waals surface area contributed by atoms with Crippen molar-refractivity contribution in [2.75, 3.05) is 29.4 Å². The van der Waals surface area contributed by atoms with E-state index in [-0.39, 0.29) is 11.7 Å². The summed E-state index contributed by atoms with van der Waals surface area (Å²) in [6.07, 6.45) is 4.25. The van der Waals surface area contributed by atoms with Crippen LogP contribution in [0.1, 0.15) is 39.0 Å². The molecule has 8 heteroatoms. The predicted octanol–water partition coefficient (Wildman–Crippen LogP) is 2.30. The van der Waals surface area contributed by atoms with Crippen LogP contribution in [0.15, 0.2) is 18.2 Å². The Bertz CT molecular complexity index is 632. The van der Waals surface area contributed by atoms with Crippen molar-refractivity contribution in [1.82, 2.24) is 0 Å². The van der Waals surface area contributed by atoms with Gasteiger partial charge in [-0.1, -0.05) is 12.8 Å². The summed E-state index contributed by atoms with van der Waals surface area (Å²) in [5.41, 5.74) is 6.34. The maximum Gasteiger partial charge on any atom is 0.232 e. The molecular formula is C16H27N3O4S. The van der Waals surface area contributed by atoms with Crippen LogP contribution in [0.4, 0.5) is 11.4 Å². The van der Waals surface area contributed by atoms with Crippen LogP contribution in [0.2, 0.25) is 0 Å². The summed E-state index contributed by atoms with van der Waals surface area (Å²) < 4.78 is 30.9. The minimum absolute atomic E-state index is 0.0290. The second-order valence-corrected chi connectivity index (χ2v) is 7.43. The highest BCUT2D eigenvalue weighted by Crippen LogP contribution is 2.29. The number of nitrogens with two attached hydrogens (primary N) is 1. The van der Waals surface area contributed by atoms with Gasteiger partial charge in [0, 0.05) is 18.2 Å². The second-order valence-electron chi connectivity index (χ2n) is 5.42. The Kier molecular flexibility index (Phi) is 8.56. The van der Waals surface area contributed by atoms with Gasteiger partial charge in [0.2, 0.25) is 15.9 Å². The van der Waals surface area contributed by atoms with Crippen molar-refractivity contribution < 1.29 is 17.9 Å². The highest BCUT2D eigenvalue weighted by molar-refractivity contribution is 7.92. The van der Waals surface area contributed by atoms with E-state index in [0.717, 1.165) is 25.7 Å². The summed E-state index contributed by atoms with van der Waals surface area (Å²) in [7, 11) is -1.94. The van der Waals surface area contributed by atoms with E-state index in [2.05, 4.69) is 10.0 Å². The molecule has 1 aromatic rings. The first-order valence-corrected chi connectivity index (χ1v) is 9.75. The number of methoxy groups -OCH3 is 1. The van der Waals surface area contributed by atoms with Gasteiger partial charge in [0.05, 0.1) is 18.6 Å². The van der Waals surface area contributed by atoms with E-state index in [1.807, 2.05) is 0 Å². The first-order valence-electron chi connectivity index (χ1n) is 8.10. The maximum absolute atomic E-state index is 11.9. The quantitative estimate of drug-likeness (QED) is 0.526. The van der Waals surface area contributed by atoms with Gasteiger partial charge in [-0.25, -0.2) is 8.42 Å².